The van der Waals surface area contributed by atoms with Crippen LogP contribution in [0.2, 0.25) is 0 Å². The highest BCUT2D eigenvalue weighted by Gasteiger charge is 2.38. The average molecular weight is 282 g/mol. The van der Waals surface area contributed by atoms with Crippen LogP contribution in [0.4, 0.5) is 0 Å². The van der Waals surface area contributed by atoms with Crippen molar-refractivity contribution in [2.24, 2.45) is 5.73 Å². The topological polar surface area (TPSA) is 72.2 Å². The fraction of sp³-hybridized carbons (Fsp3) is 0.571. The molecule has 1 aromatic carbocycles. The Labute approximate surface area is 115 Å². The number of hydrogen-bond acceptors (Lipinski definition) is 3. The molecule has 4 nitrogen and oxygen atoms in total. The Morgan fingerprint density at radius 3 is 2.37 bits per heavy atom. The lowest BCUT2D eigenvalue weighted by Crippen LogP contribution is -2.53. The molecular weight excluding hydrogens is 260 g/mol. The Morgan fingerprint density at radius 2 is 1.89 bits per heavy atom. The summed E-state index contributed by atoms with van der Waals surface area (Å²) in [5, 5.41) is 0. The van der Waals surface area contributed by atoms with E-state index in [4.69, 9.17) is 5.73 Å². The molecule has 0 saturated heterocycles. The molecule has 0 radical (unpaired) electrons. The maximum Gasteiger partial charge on any atom is 0.216 e. The summed E-state index contributed by atoms with van der Waals surface area (Å²) >= 11 is 0. The van der Waals surface area contributed by atoms with Crippen LogP contribution in [0.15, 0.2) is 24.3 Å². The van der Waals surface area contributed by atoms with E-state index in [-0.39, 0.29) is 11.3 Å². The first-order valence-electron chi connectivity index (χ1n) is 6.79. The zero-order valence-electron chi connectivity index (χ0n) is 11.4. The largest absolute Gasteiger partial charge is 0.326 e. The van der Waals surface area contributed by atoms with Gasteiger partial charge in [-0.15, -0.1) is 0 Å². The summed E-state index contributed by atoms with van der Waals surface area (Å²) in [6, 6.07) is 7.44. The first-order chi connectivity index (χ1) is 9.00. The molecule has 0 bridgehead atoms. The molecule has 1 aromatic rings. The third-order valence-corrected chi connectivity index (χ3v) is 5.48. The second-order valence-electron chi connectivity index (χ2n) is 5.32. The van der Waals surface area contributed by atoms with Crippen LogP contribution in [0.3, 0.4) is 0 Å². The Balaban J connectivity index is 2.13. The minimum Gasteiger partial charge on any atom is -0.326 e. The van der Waals surface area contributed by atoms with Crippen molar-refractivity contribution in [1.82, 2.24) is 4.72 Å². The second kappa shape index (κ2) is 5.61. The SMILES string of the molecule is CCC1(NS(=O)(=O)Cc2ccccc2CN)CCC1. The van der Waals surface area contributed by atoms with Gasteiger partial charge in [-0.1, -0.05) is 31.2 Å². The number of nitrogens with two attached hydrogens (primary N) is 1. The minimum atomic E-state index is -3.30. The van der Waals surface area contributed by atoms with Crippen LogP contribution in [-0.4, -0.2) is 14.0 Å². The lowest BCUT2D eigenvalue weighted by Gasteiger charge is -2.41. The Morgan fingerprint density at radius 1 is 1.26 bits per heavy atom. The van der Waals surface area contributed by atoms with Crippen molar-refractivity contribution in [3.63, 3.8) is 0 Å². The third-order valence-electron chi connectivity index (χ3n) is 4.04. The first-order valence-corrected chi connectivity index (χ1v) is 8.44. The zero-order chi connectivity index (χ0) is 13.9. The molecule has 0 amide bonds. The summed E-state index contributed by atoms with van der Waals surface area (Å²) in [6.07, 6.45) is 3.85. The lowest BCUT2D eigenvalue weighted by atomic mass is 9.76. The van der Waals surface area contributed by atoms with Gasteiger partial charge in [0, 0.05) is 12.1 Å². The second-order valence-corrected chi connectivity index (χ2v) is 7.04. The smallest absolute Gasteiger partial charge is 0.216 e. The van der Waals surface area contributed by atoms with Crippen molar-refractivity contribution in [3.8, 4) is 0 Å². The molecule has 19 heavy (non-hydrogen) atoms. The molecule has 0 unspecified atom stereocenters. The summed E-state index contributed by atoms with van der Waals surface area (Å²) in [7, 11) is -3.30. The van der Waals surface area contributed by atoms with Crippen LogP contribution in [0.25, 0.3) is 0 Å². The highest BCUT2D eigenvalue weighted by atomic mass is 32.2. The molecule has 0 heterocycles. The van der Waals surface area contributed by atoms with E-state index in [0.29, 0.717) is 6.54 Å². The van der Waals surface area contributed by atoms with Gasteiger partial charge in [0.15, 0.2) is 0 Å². The molecule has 5 heteroatoms. The fourth-order valence-corrected chi connectivity index (χ4v) is 4.37. The van der Waals surface area contributed by atoms with Crippen LogP contribution in [0.5, 0.6) is 0 Å². The molecule has 1 fully saturated rings. The molecule has 1 aliphatic carbocycles. The Kier molecular flexibility index (Phi) is 4.28. The number of sulfonamides is 1. The van der Waals surface area contributed by atoms with Crippen molar-refractivity contribution >= 4 is 10.0 Å². The van der Waals surface area contributed by atoms with E-state index in [1.54, 1.807) is 0 Å². The number of benzene rings is 1. The van der Waals surface area contributed by atoms with Crippen LogP contribution in [-0.2, 0) is 22.3 Å². The van der Waals surface area contributed by atoms with E-state index >= 15 is 0 Å². The van der Waals surface area contributed by atoms with Crippen LogP contribution < -0.4 is 10.5 Å². The molecule has 1 saturated carbocycles. The predicted molar refractivity (Wildman–Crippen MR) is 77.0 cm³/mol. The van der Waals surface area contributed by atoms with Crippen molar-refractivity contribution in [2.45, 2.75) is 50.4 Å². The summed E-state index contributed by atoms with van der Waals surface area (Å²) in [6.45, 7) is 2.40. The standard InChI is InChI=1S/C14H22N2O2S/c1-2-14(8-5-9-14)16-19(17,18)11-13-7-4-3-6-12(13)10-15/h3-4,6-7,16H,2,5,8-11,15H2,1H3. The summed E-state index contributed by atoms with van der Waals surface area (Å²) < 4.78 is 27.5. The summed E-state index contributed by atoms with van der Waals surface area (Å²) in [5.74, 6) is 0.0160. The van der Waals surface area contributed by atoms with Gasteiger partial charge in [0.2, 0.25) is 10.0 Å². The summed E-state index contributed by atoms with van der Waals surface area (Å²) in [5.41, 5.74) is 7.14. The van der Waals surface area contributed by atoms with Gasteiger partial charge in [-0.25, -0.2) is 13.1 Å². The molecule has 0 aromatic heterocycles. The molecule has 0 atom stereocenters. The maximum atomic E-state index is 12.3. The van der Waals surface area contributed by atoms with Gasteiger partial charge >= 0.3 is 0 Å². The van der Waals surface area contributed by atoms with E-state index < -0.39 is 10.0 Å². The molecule has 2 rings (SSSR count). The molecule has 0 spiro atoms. The maximum absolute atomic E-state index is 12.3. The van der Waals surface area contributed by atoms with Gasteiger partial charge in [-0.05, 0) is 36.8 Å². The van der Waals surface area contributed by atoms with Gasteiger partial charge in [-0.2, -0.15) is 0 Å². The Bertz CT molecular complexity index is 531. The third kappa shape index (κ3) is 3.35. The number of nitrogens with one attached hydrogen (secondary N) is 1. The van der Waals surface area contributed by atoms with Gasteiger partial charge in [0.1, 0.15) is 0 Å². The normalized spacial score (nSPS) is 18.0. The van der Waals surface area contributed by atoms with E-state index in [1.807, 2.05) is 31.2 Å². The van der Waals surface area contributed by atoms with Crippen LogP contribution >= 0.6 is 0 Å². The molecule has 106 valence electrons. The van der Waals surface area contributed by atoms with Gasteiger partial charge < -0.3 is 5.73 Å². The average Bonchev–Trinajstić information content (AvgIpc) is 2.34. The predicted octanol–water partition coefficient (Wildman–Crippen LogP) is 1.90. The monoisotopic (exact) mass is 282 g/mol. The Hall–Kier alpha value is -0.910. The van der Waals surface area contributed by atoms with E-state index in [1.165, 1.54) is 0 Å². The zero-order valence-corrected chi connectivity index (χ0v) is 12.2. The van der Waals surface area contributed by atoms with Crippen molar-refractivity contribution in [1.29, 1.82) is 0 Å². The number of rotatable bonds is 6. The molecule has 0 aliphatic heterocycles. The van der Waals surface area contributed by atoms with Gasteiger partial charge in [0.25, 0.3) is 0 Å². The van der Waals surface area contributed by atoms with Crippen molar-refractivity contribution in [2.75, 3.05) is 0 Å². The highest BCUT2D eigenvalue weighted by molar-refractivity contribution is 7.88. The molecule has 1 aliphatic rings. The molecular formula is C14H22N2O2S. The molecule has 3 N–H and O–H groups in total. The van der Waals surface area contributed by atoms with E-state index in [0.717, 1.165) is 36.8 Å². The quantitative estimate of drug-likeness (QED) is 0.837. The van der Waals surface area contributed by atoms with Crippen LogP contribution in [0.1, 0.15) is 43.7 Å². The van der Waals surface area contributed by atoms with Crippen molar-refractivity contribution in [3.05, 3.63) is 35.4 Å². The van der Waals surface area contributed by atoms with Gasteiger partial charge in [-0.3, -0.25) is 0 Å². The first kappa shape index (κ1) is 14.5. The summed E-state index contributed by atoms with van der Waals surface area (Å²) in [4.78, 5) is 0. The highest BCUT2D eigenvalue weighted by Crippen LogP contribution is 2.35. The minimum absolute atomic E-state index is 0.0160. The van der Waals surface area contributed by atoms with Gasteiger partial charge in [0.05, 0.1) is 5.75 Å². The van der Waals surface area contributed by atoms with E-state index in [9.17, 15) is 8.42 Å². The lowest BCUT2D eigenvalue weighted by molar-refractivity contribution is 0.213. The van der Waals surface area contributed by atoms with E-state index in [2.05, 4.69) is 4.72 Å². The number of hydrogen-bond donors (Lipinski definition) is 2. The fourth-order valence-electron chi connectivity index (χ4n) is 2.60. The van der Waals surface area contributed by atoms with Crippen molar-refractivity contribution < 1.29 is 8.42 Å². The van der Waals surface area contributed by atoms with Crippen LogP contribution in [0, 0.1) is 0 Å².